The van der Waals surface area contributed by atoms with Crippen LogP contribution < -0.4 is 15.8 Å². The number of hydrogen-bond donors (Lipinski definition) is 2. The Labute approximate surface area is 75.7 Å². The van der Waals surface area contributed by atoms with Crippen molar-refractivity contribution in [3.8, 4) is 5.75 Å². The van der Waals surface area contributed by atoms with Gasteiger partial charge in [-0.15, -0.1) is 0 Å². The van der Waals surface area contributed by atoms with Gasteiger partial charge in [0.25, 0.3) is 5.91 Å². The topological polar surface area (TPSA) is 64.3 Å². The molecule has 1 heterocycles. The van der Waals surface area contributed by atoms with E-state index in [4.69, 9.17) is 10.5 Å². The molecule has 2 rings (SSSR count). The van der Waals surface area contributed by atoms with Gasteiger partial charge < -0.3 is 15.8 Å². The average molecular weight is 178 g/mol. The number of fused-ring (bicyclic) bond motifs is 1. The fraction of sp³-hybridized carbons (Fsp3) is 0.222. The van der Waals surface area contributed by atoms with Crippen LogP contribution in [-0.2, 0) is 4.79 Å². The number of benzene rings is 1. The summed E-state index contributed by atoms with van der Waals surface area (Å²) in [4.78, 5) is 11.2. The van der Waals surface area contributed by atoms with Gasteiger partial charge in [0.2, 0.25) is 0 Å². The van der Waals surface area contributed by atoms with E-state index in [0.29, 0.717) is 17.1 Å². The lowest BCUT2D eigenvalue weighted by Gasteiger charge is -2.23. The van der Waals surface area contributed by atoms with Crippen molar-refractivity contribution in [2.75, 3.05) is 11.1 Å². The van der Waals surface area contributed by atoms with Crippen molar-refractivity contribution >= 4 is 17.3 Å². The number of anilines is 2. The van der Waals surface area contributed by atoms with Crippen molar-refractivity contribution in [2.24, 2.45) is 0 Å². The first-order chi connectivity index (χ1) is 6.16. The third-order valence-electron chi connectivity index (χ3n) is 1.93. The Balaban J connectivity index is 2.42. The summed E-state index contributed by atoms with van der Waals surface area (Å²) in [6.07, 6.45) is -0.434. The first kappa shape index (κ1) is 7.91. The highest BCUT2D eigenvalue weighted by molar-refractivity contribution is 5.97. The van der Waals surface area contributed by atoms with Crippen molar-refractivity contribution in [2.45, 2.75) is 13.0 Å². The Morgan fingerprint density at radius 2 is 2.31 bits per heavy atom. The van der Waals surface area contributed by atoms with Crippen LogP contribution in [-0.4, -0.2) is 12.0 Å². The van der Waals surface area contributed by atoms with E-state index in [-0.39, 0.29) is 5.91 Å². The number of nitrogens with one attached hydrogen (secondary N) is 1. The van der Waals surface area contributed by atoms with Gasteiger partial charge in [-0.05, 0) is 25.1 Å². The molecule has 4 heteroatoms. The molecule has 0 aromatic heterocycles. The van der Waals surface area contributed by atoms with Gasteiger partial charge in [-0.25, -0.2) is 0 Å². The molecule has 1 atom stereocenters. The predicted octanol–water partition coefficient (Wildman–Crippen LogP) is 0.988. The molecule has 0 aliphatic carbocycles. The smallest absolute Gasteiger partial charge is 0.265 e. The maximum atomic E-state index is 11.2. The van der Waals surface area contributed by atoms with Gasteiger partial charge >= 0.3 is 0 Å². The molecule has 1 aromatic rings. The molecule has 0 bridgehead atoms. The number of ether oxygens (including phenoxy) is 1. The third-order valence-corrected chi connectivity index (χ3v) is 1.93. The van der Waals surface area contributed by atoms with E-state index < -0.39 is 6.10 Å². The van der Waals surface area contributed by atoms with Crippen LogP contribution in [0.25, 0.3) is 0 Å². The highest BCUT2D eigenvalue weighted by Crippen LogP contribution is 2.30. The molecule has 0 unspecified atom stereocenters. The first-order valence-electron chi connectivity index (χ1n) is 4.04. The fourth-order valence-electron chi connectivity index (χ4n) is 1.23. The van der Waals surface area contributed by atoms with Gasteiger partial charge in [0.05, 0.1) is 5.69 Å². The number of carbonyl (C=O) groups is 1. The lowest BCUT2D eigenvalue weighted by Crippen LogP contribution is -2.34. The molecule has 1 amide bonds. The molecular formula is C9H10N2O2. The minimum atomic E-state index is -0.434. The van der Waals surface area contributed by atoms with E-state index in [1.807, 2.05) is 0 Å². The van der Waals surface area contributed by atoms with Crippen LogP contribution in [0.5, 0.6) is 5.75 Å². The fourth-order valence-corrected chi connectivity index (χ4v) is 1.23. The standard InChI is InChI=1S/C9H10N2O2/c1-5-9(12)11-7-4-6(10)2-3-8(7)13-5/h2-5H,10H2,1H3,(H,11,12)/t5-/m0/s1. The average Bonchev–Trinajstić information content (AvgIpc) is 2.08. The molecule has 1 aliphatic rings. The van der Waals surface area contributed by atoms with E-state index in [2.05, 4.69) is 5.32 Å². The van der Waals surface area contributed by atoms with Crippen LogP contribution in [0.2, 0.25) is 0 Å². The number of amides is 1. The minimum absolute atomic E-state index is 0.141. The third kappa shape index (κ3) is 1.30. The van der Waals surface area contributed by atoms with Gasteiger partial charge in [-0.3, -0.25) is 4.79 Å². The Morgan fingerprint density at radius 1 is 1.54 bits per heavy atom. The van der Waals surface area contributed by atoms with Gasteiger partial charge in [-0.1, -0.05) is 0 Å². The van der Waals surface area contributed by atoms with E-state index in [1.54, 1.807) is 25.1 Å². The SMILES string of the molecule is C[C@@H]1Oc2ccc(N)cc2NC1=O. The van der Waals surface area contributed by atoms with Gasteiger partial charge in [0, 0.05) is 5.69 Å². The Kier molecular flexibility index (Phi) is 1.62. The molecule has 0 radical (unpaired) electrons. The second-order valence-electron chi connectivity index (χ2n) is 3.00. The van der Waals surface area contributed by atoms with E-state index >= 15 is 0 Å². The van der Waals surface area contributed by atoms with Gasteiger partial charge in [-0.2, -0.15) is 0 Å². The molecule has 3 N–H and O–H groups in total. The zero-order valence-corrected chi connectivity index (χ0v) is 7.20. The van der Waals surface area contributed by atoms with Crippen molar-refractivity contribution in [1.29, 1.82) is 0 Å². The lowest BCUT2D eigenvalue weighted by atomic mass is 10.2. The van der Waals surface area contributed by atoms with Gasteiger partial charge in [0.15, 0.2) is 6.10 Å². The number of carbonyl (C=O) groups excluding carboxylic acids is 1. The van der Waals surface area contributed by atoms with Crippen molar-refractivity contribution < 1.29 is 9.53 Å². The molecule has 13 heavy (non-hydrogen) atoms. The highest BCUT2D eigenvalue weighted by atomic mass is 16.5. The Morgan fingerprint density at radius 3 is 3.08 bits per heavy atom. The maximum absolute atomic E-state index is 11.2. The van der Waals surface area contributed by atoms with E-state index in [0.717, 1.165) is 0 Å². The monoisotopic (exact) mass is 178 g/mol. The van der Waals surface area contributed by atoms with Crippen LogP contribution in [0.15, 0.2) is 18.2 Å². The Bertz CT molecular complexity index is 363. The van der Waals surface area contributed by atoms with E-state index in [1.165, 1.54) is 0 Å². The summed E-state index contributed by atoms with van der Waals surface area (Å²) in [5.41, 5.74) is 6.81. The summed E-state index contributed by atoms with van der Waals surface area (Å²) in [6.45, 7) is 1.70. The van der Waals surface area contributed by atoms with Crippen molar-refractivity contribution in [1.82, 2.24) is 0 Å². The molecule has 0 saturated carbocycles. The molecule has 68 valence electrons. The van der Waals surface area contributed by atoms with Gasteiger partial charge in [0.1, 0.15) is 5.75 Å². The first-order valence-corrected chi connectivity index (χ1v) is 4.04. The molecular weight excluding hydrogens is 168 g/mol. The Hall–Kier alpha value is -1.71. The summed E-state index contributed by atoms with van der Waals surface area (Å²) >= 11 is 0. The summed E-state index contributed by atoms with van der Waals surface area (Å²) in [7, 11) is 0. The maximum Gasteiger partial charge on any atom is 0.265 e. The zero-order chi connectivity index (χ0) is 9.42. The van der Waals surface area contributed by atoms with Crippen LogP contribution in [0, 0.1) is 0 Å². The molecule has 4 nitrogen and oxygen atoms in total. The highest BCUT2D eigenvalue weighted by Gasteiger charge is 2.22. The molecule has 1 aromatic carbocycles. The van der Waals surface area contributed by atoms with Crippen LogP contribution in [0.3, 0.4) is 0 Å². The number of rotatable bonds is 0. The van der Waals surface area contributed by atoms with Crippen LogP contribution >= 0.6 is 0 Å². The zero-order valence-electron chi connectivity index (χ0n) is 7.20. The van der Waals surface area contributed by atoms with Crippen molar-refractivity contribution in [3.05, 3.63) is 18.2 Å². The summed E-state index contributed by atoms with van der Waals surface area (Å²) in [5, 5.41) is 2.71. The largest absolute Gasteiger partial charge is 0.479 e. The summed E-state index contributed by atoms with van der Waals surface area (Å²) in [6, 6.07) is 5.17. The second kappa shape index (κ2) is 2.65. The predicted molar refractivity (Wildman–Crippen MR) is 49.6 cm³/mol. The van der Waals surface area contributed by atoms with E-state index in [9.17, 15) is 4.79 Å². The lowest BCUT2D eigenvalue weighted by molar-refractivity contribution is -0.122. The minimum Gasteiger partial charge on any atom is -0.479 e. The van der Waals surface area contributed by atoms with Crippen LogP contribution in [0.1, 0.15) is 6.92 Å². The number of nitrogens with two attached hydrogens (primary N) is 1. The second-order valence-corrected chi connectivity index (χ2v) is 3.00. The van der Waals surface area contributed by atoms with Crippen LogP contribution in [0.4, 0.5) is 11.4 Å². The molecule has 0 saturated heterocycles. The van der Waals surface area contributed by atoms with Crippen molar-refractivity contribution in [3.63, 3.8) is 0 Å². The summed E-state index contributed by atoms with van der Waals surface area (Å²) < 4.78 is 5.33. The molecule has 0 spiro atoms. The number of nitrogen functional groups attached to an aromatic ring is 1. The quantitative estimate of drug-likeness (QED) is 0.582. The number of hydrogen-bond acceptors (Lipinski definition) is 3. The normalized spacial score (nSPS) is 20.1. The molecule has 1 aliphatic heterocycles. The molecule has 0 fully saturated rings. The summed E-state index contributed by atoms with van der Waals surface area (Å²) in [5.74, 6) is 0.527.